The Bertz CT molecular complexity index is 683. The van der Waals surface area contributed by atoms with E-state index < -0.39 is 46.8 Å². The highest BCUT2D eigenvalue weighted by Crippen LogP contribution is 2.45. The quantitative estimate of drug-likeness (QED) is 0.255. The number of hydrogen-bond acceptors (Lipinski definition) is 8. The summed E-state index contributed by atoms with van der Waals surface area (Å²) < 4.78 is 75.2. The molecular formula is C22H32F4O8. The molecule has 0 aromatic rings. The van der Waals surface area contributed by atoms with Gasteiger partial charge in [-0.3, -0.25) is 0 Å². The molecule has 4 N–H and O–H groups in total. The molecule has 4 aliphatic heterocycles. The standard InChI is InChI=1S/2C11H16F2O4/c2*1-7-6-17-9(8-2-4-16-5-3-8)11(14,15)10(7,12)13/h2*8-9,14-15H,1-6H2/t2*9-/m11/s1. The van der Waals surface area contributed by atoms with Gasteiger partial charge < -0.3 is 39.4 Å². The van der Waals surface area contributed by atoms with Crippen molar-refractivity contribution in [2.75, 3.05) is 39.6 Å². The summed E-state index contributed by atoms with van der Waals surface area (Å²) in [5, 5.41) is 38.7. The molecule has 4 saturated heterocycles. The summed E-state index contributed by atoms with van der Waals surface area (Å²) in [6.45, 7) is 7.24. The SMILES string of the molecule is C=C1CO[C@H](C2CCOCC2)C(O)(O)C1(F)F.C=C1CO[C@H](C2CCOCC2)C(O)(O)C1(F)F. The maximum atomic E-state index is 13.7. The van der Waals surface area contributed by atoms with Crippen molar-refractivity contribution in [2.45, 2.75) is 61.3 Å². The van der Waals surface area contributed by atoms with E-state index in [-0.39, 0.29) is 25.0 Å². The third kappa shape index (κ3) is 4.92. The average molecular weight is 500 g/mol. The molecule has 0 aromatic carbocycles. The summed E-state index contributed by atoms with van der Waals surface area (Å²) in [4.78, 5) is 0. The minimum absolute atomic E-state index is 0.335. The number of alkyl halides is 4. The summed E-state index contributed by atoms with van der Waals surface area (Å²) in [7, 11) is 0. The van der Waals surface area contributed by atoms with Crippen molar-refractivity contribution in [2.24, 2.45) is 11.8 Å². The first-order chi connectivity index (χ1) is 15.7. The zero-order chi connectivity index (χ0) is 25.4. The second kappa shape index (κ2) is 10.1. The number of aliphatic hydroxyl groups is 4. The van der Waals surface area contributed by atoms with E-state index in [1.165, 1.54) is 0 Å². The van der Waals surface area contributed by atoms with Crippen molar-refractivity contribution < 1.29 is 56.9 Å². The van der Waals surface area contributed by atoms with Crippen molar-refractivity contribution in [1.29, 1.82) is 0 Å². The lowest BCUT2D eigenvalue weighted by atomic mass is 9.82. The average Bonchev–Trinajstić information content (AvgIpc) is 2.78. The Balaban J connectivity index is 0.000000191. The van der Waals surface area contributed by atoms with Crippen LogP contribution in [0.25, 0.3) is 0 Å². The van der Waals surface area contributed by atoms with Crippen LogP contribution in [0.2, 0.25) is 0 Å². The Morgan fingerprint density at radius 2 is 0.912 bits per heavy atom. The van der Waals surface area contributed by atoms with Crippen LogP contribution in [0, 0.1) is 11.8 Å². The van der Waals surface area contributed by atoms with Gasteiger partial charge >= 0.3 is 11.8 Å². The smallest absolute Gasteiger partial charge is 0.326 e. The van der Waals surface area contributed by atoms with Crippen molar-refractivity contribution in [3.63, 3.8) is 0 Å². The largest absolute Gasteiger partial charge is 0.381 e. The van der Waals surface area contributed by atoms with E-state index in [9.17, 15) is 38.0 Å². The van der Waals surface area contributed by atoms with Crippen LogP contribution < -0.4 is 0 Å². The van der Waals surface area contributed by atoms with Gasteiger partial charge in [-0.1, -0.05) is 13.2 Å². The molecule has 0 saturated carbocycles. The maximum Gasteiger partial charge on any atom is 0.326 e. The molecule has 12 heteroatoms. The van der Waals surface area contributed by atoms with E-state index in [0.29, 0.717) is 52.1 Å². The van der Waals surface area contributed by atoms with E-state index in [1.807, 2.05) is 0 Å². The second-order valence-corrected chi connectivity index (χ2v) is 9.17. The molecule has 2 atom stereocenters. The van der Waals surface area contributed by atoms with Crippen LogP contribution in [0.15, 0.2) is 24.3 Å². The normalized spacial score (nSPS) is 33.6. The minimum Gasteiger partial charge on any atom is -0.381 e. The molecular weight excluding hydrogens is 468 g/mol. The first-order valence-electron chi connectivity index (χ1n) is 11.1. The lowest BCUT2D eigenvalue weighted by Crippen LogP contribution is -2.64. The minimum atomic E-state index is -3.74. The second-order valence-electron chi connectivity index (χ2n) is 9.17. The van der Waals surface area contributed by atoms with Crippen LogP contribution in [-0.2, 0) is 18.9 Å². The van der Waals surface area contributed by atoms with Crippen molar-refractivity contribution in [3.8, 4) is 0 Å². The Hall–Kier alpha value is -1.12. The molecule has 4 heterocycles. The predicted molar refractivity (Wildman–Crippen MR) is 109 cm³/mol. The number of halogens is 4. The van der Waals surface area contributed by atoms with Gasteiger partial charge in [-0.05, 0) is 37.5 Å². The first-order valence-corrected chi connectivity index (χ1v) is 11.1. The van der Waals surface area contributed by atoms with Gasteiger partial charge in [-0.25, -0.2) is 0 Å². The summed E-state index contributed by atoms with van der Waals surface area (Å²) in [6.07, 6.45) is -0.669. The van der Waals surface area contributed by atoms with Crippen LogP contribution in [0.5, 0.6) is 0 Å². The maximum absolute atomic E-state index is 13.7. The first kappa shape index (κ1) is 27.5. The summed E-state index contributed by atoms with van der Waals surface area (Å²) in [6, 6.07) is 0. The molecule has 0 unspecified atom stereocenters. The van der Waals surface area contributed by atoms with Crippen molar-refractivity contribution in [3.05, 3.63) is 24.3 Å². The van der Waals surface area contributed by atoms with E-state index >= 15 is 0 Å². The molecule has 0 aromatic heterocycles. The van der Waals surface area contributed by atoms with E-state index in [2.05, 4.69) is 13.2 Å². The van der Waals surface area contributed by atoms with Crippen LogP contribution in [0.1, 0.15) is 25.7 Å². The lowest BCUT2D eigenvalue weighted by Gasteiger charge is -2.45. The van der Waals surface area contributed by atoms with Gasteiger partial charge in [-0.2, -0.15) is 17.6 Å². The van der Waals surface area contributed by atoms with Crippen molar-refractivity contribution >= 4 is 0 Å². The molecule has 4 fully saturated rings. The molecule has 4 aliphatic rings. The number of hydrogen-bond donors (Lipinski definition) is 4. The Morgan fingerprint density at radius 3 is 1.21 bits per heavy atom. The van der Waals surface area contributed by atoms with E-state index in [0.717, 1.165) is 0 Å². The molecule has 8 nitrogen and oxygen atoms in total. The van der Waals surface area contributed by atoms with Crippen molar-refractivity contribution in [1.82, 2.24) is 0 Å². The molecule has 0 aliphatic carbocycles. The van der Waals surface area contributed by atoms with E-state index in [1.54, 1.807) is 0 Å². The summed E-state index contributed by atoms with van der Waals surface area (Å²) in [5.74, 6) is -14.5. The van der Waals surface area contributed by atoms with Crippen LogP contribution in [-0.4, -0.2) is 95.7 Å². The van der Waals surface area contributed by atoms with Crippen LogP contribution in [0.3, 0.4) is 0 Å². The molecule has 0 amide bonds. The lowest BCUT2D eigenvalue weighted by molar-refractivity contribution is -0.354. The van der Waals surface area contributed by atoms with E-state index in [4.69, 9.17) is 18.9 Å². The highest BCUT2D eigenvalue weighted by Gasteiger charge is 2.64. The number of rotatable bonds is 2. The molecule has 0 spiro atoms. The number of ether oxygens (including phenoxy) is 4. The molecule has 0 radical (unpaired) electrons. The van der Waals surface area contributed by atoms with Gasteiger partial charge in [0.1, 0.15) is 12.2 Å². The predicted octanol–water partition coefficient (Wildman–Crippen LogP) is 1.37. The Morgan fingerprint density at radius 1 is 0.618 bits per heavy atom. The topological polar surface area (TPSA) is 118 Å². The fourth-order valence-corrected chi connectivity index (χ4v) is 4.64. The fraction of sp³-hybridized carbons (Fsp3) is 0.818. The van der Waals surface area contributed by atoms with Gasteiger partial charge in [0.05, 0.1) is 13.2 Å². The molecule has 196 valence electrons. The monoisotopic (exact) mass is 500 g/mol. The highest BCUT2D eigenvalue weighted by atomic mass is 19.3. The zero-order valence-corrected chi connectivity index (χ0v) is 18.7. The molecule has 4 rings (SSSR count). The summed E-state index contributed by atoms with van der Waals surface area (Å²) in [5.41, 5.74) is -1.21. The summed E-state index contributed by atoms with van der Waals surface area (Å²) >= 11 is 0. The van der Waals surface area contributed by atoms with Gasteiger partial charge in [0, 0.05) is 37.6 Å². The molecule has 0 bridgehead atoms. The Kier molecular flexibility index (Phi) is 8.15. The van der Waals surface area contributed by atoms with Gasteiger partial charge in [0.25, 0.3) is 11.6 Å². The van der Waals surface area contributed by atoms with Crippen LogP contribution in [0.4, 0.5) is 17.6 Å². The van der Waals surface area contributed by atoms with Gasteiger partial charge in [-0.15, -0.1) is 0 Å². The van der Waals surface area contributed by atoms with Gasteiger partial charge in [0.2, 0.25) is 0 Å². The third-order valence-corrected chi connectivity index (χ3v) is 6.87. The zero-order valence-electron chi connectivity index (χ0n) is 18.7. The third-order valence-electron chi connectivity index (χ3n) is 6.87. The fourth-order valence-electron chi connectivity index (χ4n) is 4.64. The molecule has 34 heavy (non-hydrogen) atoms. The van der Waals surface area contributed by atoms with Crippen LogP contribution >= 0.6 is 0 Å². The van der Waals surface area contributed by atoms with Gasteiger partial charge in [0.15, 0.2) is 0 Å². The highest BCUT2D eigenvalue weighted by molar-refractivity contribution is 5.20. The Labute approximate surface area is 194 Å².